The van der Waals surface area contributed by atoms with Gasteiger partial charge in [-0.25, -0.2) is 0 Å². The molecular formula is C7H10N4O3. The summed E-state index contributed by atoms with van der Waals surface area (Å²) < 4.78 is 1.28. The number of carbonyl (C=O) groups is 2. The van der Waals surface area contributed by atoms with Gasteiger partial charge >= 0.3 is 5.97 Å². The van der Waals surface area contributed by atoms with Crippen molar-refractivity contribution in [2.24, 2.45) is 7.05 Å². The molecule has 0 aromatic carbocycles. The molecule has 0 aliphatic heterocycles. The van der Waals surface area contributed by atoms with Crippen molar-refractivity contribution in [1.82, 2.24) is 15.1 Å². The third-order valence-electron chi connectivity index (χ3n) is 1.58. The molecule has 7 heteroatoms. The number of nitrogens with zero attached hydrogens (tertiary/aromatic N) is 2. The van der Waals surface area contributed by atoms with E-state index in [2.05, 4.69) is 10.4 Å². The number of amides is 1. The highest BCUT2D eigenvalue weighted by Gasteiger charge is 2.14. The molecule has 0 spiro atoms. The van der Waals surface area contributed by atoms with Crippen LogP contribution in [0.5, 0.6) is 0 Å². The molecule has 7 nitrogen and oxygen atoms in total. The summed E-state index contributed by atoms with van der Waals surface area (Å²) in [6.07, 6.45) is 1.33. The van der Waals surface area contributed by atoms with Gasteiger partial charge in [0.1, 0.15) is 12.2 Å². The summed E-state index contributed by atoms with van der Waals surface area (Å²) in [5.74, 6) is -1.66. The normalized spacial score (nSPS) is 9.79. The quantitative estimate of drug-likeness (QED) is 0.566. The molecule has 4 N–H and O–H groups in total. The zero-order valence-electron chi connectivity index (χ0n) is 7.52. The van der Waals surface area contributed by atoms with E-state index in [1.807, 2.05) is 0 Å². The number of aromatic nitrogens is 2. The standard InChI is InChI=1S/C7H10N4O3/c1-11-6(4(8)2-10-11)7(14)9-3-5(12)13/h2H,3,8H2,1H3,(H,9,14)(H,12,13). The van der Waals surface area contributed by atoms with Gasteiger partial charge in [0.2, 0.25) is 0 Å². The van der Waals surface area contributed by atoms with E-state index >= 15 is 0 Å². The number of carboxylic acid groups (broad SMARTS) is 1. The number of anilines is 1. The largest absolute Gasteiger partial charge is 0.480 e. The first-order chi connectivity index (χ1) is 6.52. The van der Waals surface area contributed by atoms with Gasteiger partial charge in [0.25, 0.3) is 5.91 Å². The van der Waals surface area contributed by atoms with E-state index in [4.69, 9.17) is 10.8 Å². The lowest BCUT2D eigenvalue weighted by Crippen LogP contribution is -2.31. The van der Waals surface area contributed by atoms with Crippen LogP contribution < -0.4 is 11.1 Å². The van der Waals surface area contributed by atoms with E-state index < -0.39 is 18.4 Å². The fraction of sp³-hybridized carbons (Fsp3) is 0.286. The lowest BCUT2D eigenvalue weighted by molar-refractivity contribution is -0.135. The maximum absolute atomic E-state index is 11.3. The summed E-state index contributed by atoms with van der Waals surface area (Å²) in [4.78, 5) is 21.5. The Morgan fingerprint density at radius 3 is 2.79 bits per heavy atom. The van der Waals surface area contributed by atoms with Gasteiger partial charge in [-0.2, -0.15) is 5.10 Å². The lowest BCUT2D eigenvalue weighted by atomic mass is 10.3. The van der Waals surface area contributed by atoms with Crippen LogP contribution in [0.1, 0.15) is 10.5 Å². The molecule has 0 aliphatic rings. The Bertz CT molecular complexity index is 352. The Morgan fingerprint density at radius 1 is 1.71 bits per heavy atom. The van der Waals surface area contributed by atoms with Crippen molar-refractivity contribution in [1.29, 1.82) is 0 Å². The zero-order chi connectivity index (χ0) is 10.7. The number of carbonyl (C=O) groups excluding carboxylic acids is 1. The molecule has 0 bridgehead atoms. The summed E-state index contributed by atoms with van der Waals surface area (Å²) in [7, 11) is 1.55. The van der Waals surface area contributed by atoms with Gasteiger partial charge in [-0.05, 0) is 0 Å². The monoisotopic (exact) mass is 198 g/mol. The van der Waals surface area contributed by atoms with Gasteiger partial charge in [0.15, 0.2) is 0 Å². The van der Waals surface area contributed by atoms with Crippen LogP contribution in [-0.4, -0.2) is 33.3 Å². The van der Waals surface area contributed by atoms with E-state index in [9.17, 15) is 9.59 Å². The molecule has 0 aliphatic carbocycles. The molecule has 1 rings (SSSR count). The van der Waals surface area contributed by atoms with E-state index in [1.165, 1.54) is 10.9 Å². The van der Waals surface area contributed by atoms with Gasteiger partial charge < -0.3 is 16.2 Å². The van der Waals surface area contributed by atoms with Crippen LogP contribution in [0, 0.1) is 0 Å². The van der Waals surface area contributed by atoms with E-state index in [0.717, 1.165) is 0 Å². The fourth-order valence-corrected chi connectivity index (χ4v) is 0.972. The maximum Gasteiger partial charge on any atom is 0.322 e. The van der Waals surface area contributed by atoms with Crippen molar-refractivity contribution in [3.8, 4) is 0 Å². The first-order valence-corrected chi connectivity index (χ1v) is 3.80. The van der Waals surface area contributed by atoms with Gasteiger partial charge in [-0.3, -0.25) is 14.3 Å². The van der Waals surface area contributed by atoms with Crippen LogP contribution in [0.4, 0.5) is 5.69 Å². The van der Waals surface area contributed by atoms with Gasteiger partial charge in [-0.15, -0.1) is 0 Å². The highest BCUT2D eigenvalue weighted by molar-refractivity contribution is 5.98. The van der Waals surface area contributed by atoms with Crippen LogP contribution in [-0.2, 0) is 11.8 Å². The van der Waals surface area contributed by atoms with Crippen LogP contribution >= 0.6 is 0 Å². The van der Waals surface area contributed by atoms with Gasteiger partial charge in [-0.1, -0.05) is 0 Å². The minimum atomic E-state index is -1.11. The second kappa shape index (κ2) is 3.77. The number of hydrogen-bond acceptors (Lipinski definition) is 4. The predicted molar refractivity (Wildman–Crippen MR) is 47.6 cm³/mol. The average molecular weight is 198 g/mol. The topological polar surface area (TPSA) is 110 Å². The second-order valence-corrected chi connectivity index (χ2v) is 2.65. The highest BCUT2D eigenvalue weighted by Crippen LogP contribution is 2.08. The third kappa shape index (κ3) is 2.00. The van der Waals surface area contributed by atoms with Crippen molar-refractivity contribution >= 4 is 17.6 Å². The minimum Gasteiger partial charge on any atom is -0.480 e. The van der Waals surface area contributed by atoms with E-state index in [0.29, 0.717) is 0 Å². The first-order valence-electron chi connectivity index (χ1n) is 3.80. The van der Waals surface area contributed by atoms with E-state index in [1.54, 1.807) is 7.05 Å². The number of nitrogen functional groups attached to an aromatic ring is 1. The number of aryl methyl sites for hydroxylation is 1. The first kappa shape index (κ1) is 10.0. The van der Waals surface area contributed by atoms with Crippen molar-refractivity contribution < 1.29 is 14.7 Å². The zero-order valence-corrected chi connectivity index (χ0v) is 7.52. The number of nitrogens with one attached hydrogen (secondary N) is 1. The smallest absolute Gasteiger partial charge is 0.322 e. The summed E-state index contributed by atoms with van der Waals surface area (Å²) in [5.41, 5.74) is 5.83. The molecule has 1 aromatic heterocycles. The Hall–Kier alpha value is -2.05. The Balaban J connectivity index is 2.74. The van der Waals surface area contributed by atoms with Crippen LogP contribution in [0.2, 0.25) is 0 Å². The van der Waals surface area contributed by atoms with Crippen molar-refractivity contribution in [2.75, 3.05) is 12.3 Å². The van der Waals surface area contributed by atoms with Crippen molar-refractivity contribution in [3.05, 3.63) is 11.9 Å². The highest BCUT2D eigenvalue weighted by atomic mass is 16.4. The summed E-state index contributed by atoms with van der Waals surface area (Å²) >= 11 is 0. The minimum absolute atomic E-state index is 0.159. The molecule has 76 valence electrons. The maximum atomic E-state index is 11.3. The fourth-order valence-electron chi connectivity index (χ4n) is 0.972. The van der Waals surface area contributed by atoms with Crippen LogP contribution in [0.25, 0.3) is 0 Å². The lowest BCUT2D eigenvalue weighted by Gasteiger charge is -2.03. The molecule has 0 atom stereocenters. The third-order valence-corrected chi connectivity index (χ3v) is 1.58. The SMILES string of the molecule is Cn1ncc(N)c1C(=O)NCC(=O)O. The van der Waals surface area contributed by atoms with Crippen molar-refractivity contribution in [3.63, 3.8) is 0 Å². The molecule has 0 radical (unpaired) electrons. The Morgan fingerprint density at radius 2 is 2.36 bits per heavy atom. The predicted octanol–water partition coefficient (Wildman–Crippen LogP) is -1.18. The molecule has 14 heavy (non-hydrogen) atoms. The number of rotatable bonds is 3. The molecule has 0 saturated heterocycles. The summed E-state index contributed by atoms with van der Waals surface area (Å²) in [5, 5.41) is 14.3. The Kier molecular flexibility index (Phi) is 2.70. The number of aliphatic carboxylic acids is 1. The molecule has 0 fully saturated rings. The number of carboxylic acids is 1. The molecule has 1 amide bonds. The number of nitrogens with two attached hydrogens (primary N) is 1. The van der Waals surface area contributed by atoms with Crippen molar-refractivity contribution in [2.45, 2.75) is 0 Å². The average Bonchev–Trinajstić information content (AvgIpc) is 2.42. The second-order valence-electron chi connectivity index (χ2n) is 2.65. The molecular weight excluding hydrogens is 188 g/mol. The summed E-state index contributed by atoms with van der Waals surface area (Å²) in [6.45, 7) is -0.441. The van der Waals surface area contributed by atoms with Crippen LogP contribution in [0.15, 0.2) is 6.20 Å². The van der Waals surface area contributed by atoms with Gasteiger partial charge in [0.05, 0.1) is 11.9 Å². The molecule has 0 saturated carbocycles. The molecule has 1 aromatic rings. The molecule has 0 unspecified atom stereocenters. The van der Waals surface area contributed by atoms with Gasteiger partial charge in [0, 0.05) is 7.05 Å². The molecule has 1 heterocycles. The Labute approximate surface area is 79.5 Å². The van der Waals surface area contributed by atoms with E-state index in [-0.39, 0.29) is 11.4 Å². The number of hydrogen-bond donors (Lipinski definition) is 3. The van der Waals surface area contributed by atoms with Crippen LogP contribution in [0.3, 0.4) is 0 Å². The summed E-state index contributed by atoms with van der Waals surface area (Å²) in [6, 6.07) is 0.